The van der Waals surface area contributed by atoms with E-state index in [0.29, 0.717) is 23.1 Å². The van der Waals surface area contributed by atoms with E-state index in [1.165, 1.54) is 6.07 Å². The molecule has 0 unspecified atom stereocenters. The van der Waals surface area contributed by atoms with Gasteiger partial charge in [-0.05, 0) is 33.6 Å². The fourth-order valence-electron chi connectivity index (χ4n) is 1.32. The van der Waals surface area contributed by atoms with Gasteiger partial charge in [-0.1, -0.05) is 0 Å². The molecule has 2 rings (SSSR count). The van der Waals surface area contributed by atoms with Crippen molar-refractivity contribution in [3.05, 3.63) is 33.5 Å². The summed E-state index contributed by atoms with van der Waals surface area (Å²) in [5, 5.41) is 0. The summed E-state index contributed by atoms with van der Waals surface area (Å²) in [4.78, 5) is 11.1. The summed E-state index contributed by atoms with van der Waals surface area (Å²) in [7, 11) is 0. The number of fused-ring (bicyclic) bond motifs is 1. The molecule has 68 valence electrons. The first-order valence-electron chi connectivity index (χ1n) is 3.83. The fourth-order valence-corrected chi connectivity index (χ4v) is 1.71. The second-order valence-electron chi connectivity index (χ2n) is 2.81. The Kier molecular flexibility index (Phi) is 2.07. The predicted molar refractivity (Wildman–Crippen MR) is 48.1 cm³/mol. The zero-order valence-electron chi connectivity index (χ0n) is 6.64. The summed E-state index contributed by atoms with van der Waals surface area (Å²) in [5.41, 5.74) is 1.18. The van der Waals surface area contributed by atoms with Crippen molar-refractivity contribution in [2.24, 2.45) is 0 Å². The topological polar surface area (TPSA) is 26.3 Å². The maximum Gasteiger partial charge on any atom is 0.338 e. The van der Waals surface area contributed by atoms with Gasteiger partial charge in [-0.15, -0.1) is 0 Å². The van der Waals surface area contributed by atoms with Crippen molar-refractivity contribution in [3.8, 4) is 0 Å². The number of ether oxygens (including phenoxy) is 1. The minimum Gasteiger partial charge on any atom is -0.462 e. The molecular formula is C9H6BrFO2. The van der Waals surface area contributed by atoms with E-state index in [9.17, 15) is 9.18 Å². The largest absolute Gasteiger partial charge is 0.462 e. The predicted octanol–water partition coefficient (Wildman–Crippen LogP) is 2.30. The molecule has 2 nitrogen and oxygen atoms in total. The summed E-state index contributed by atoms with van der Waals surface area (Å²) in [5.74, 6) is -0.870. The van der Waals surface area contributed by atoms with Gasteiger partial charge in [0.1, 0.15) is 5.82 Å². The molecular weight excluding hydrogens is 239 g/mol. The Morgan fingerprint density at radius 3 is 3.00 bits per heavy atom. The monoisotopic (exact) mass is 244 g/mol. The van der Waals surface area contributed by atoms with Crippen LogP contribution in [0.2, 0.25) is 0 Å². The van der Waals surface area contributed by atoms with Crippen molar-refractivity contribution in [2.75, 3.05) is 6.61 Å². The zero-order valence-corrected chi connectivity index (χ0v) is 8.23. The van der Waals surface area contributed by atoms with Gasteiger partial charge in [0.25, 0.3) is 0 Å². The van der Waals surface area contributed by atoms with Crippen molar-refractivity contribution in [2.45, 2.75) is 6.42 Å². The van der Waals surface area contributed by atoms with Gasteiger partial charge >= 0.3 is 5.97 Å². The van der Waals surface area contributed by atoms with Crippen LogP contribution in [0.1, 0.15) is 15.9 Å². The van der Waals surface area contributed by atoms with Gasteiger partial charge in [0.15, 0.2) is 0 Å². The summed E-state index contributed by atoms with van der Waals surface area (Å²) in [6.45, 7) is 0.379. The first kappa shape index (κ1) is 8.69. The van der Waals surface area contributed by atoms with Gasteiger partial charge < -0.3 is 4.74 Å². The van der Waals surface area contributed by atoms with Crippen LogP contribution in [0, 0.1) is 5.82 Å². The van der Waals surface area contributed by atoms with Gasteiger partial charge in [0.2, 0.25) is 0 Å². The highest BCUT2D eigenvalue weighted by molar-refractivity contribution is 9.10. The molecule has 1 aromatic carbocycles. The molecule has 1 aromatic rings. The lowest BCUT2D eigenvalue weighted by atomic mass is 10.0. The van der Waals surface area contributed by atoms with Crippen LogP contribution in [0.4, 0.5) is 4.39 Å². The summed E-state index contributed by atoms with van der Waals surface area (Å²) in [6, 6.07) is 2.84. The molecule has 13 heavy (non-hydrogen) atoms. The number of carbonyl (C=O) groups excluding carboxylic acids is 1. The van der Waals surface area contributed by atoms with Crippen LogP contribution in [0.25, 0.3) is 0 Å². The number of cyclic esters (lactones) is 1. The van der Waals surface area contributed by atoms with Crippen molar-refractivity contribution in [3.63, 3.8) is 0 Å². The first-order chi connectivity index (χ1) is 6.18. The summed E-state index contributed by atoms with van der Waals surface area (Å²) < 4.78 is 18.2. The lowest BCUT2D eigenvalue weighted by Gasteiger charge is -2.15. The van der Waals surface area contributed by atoms with E-state index in [-0.39, 0.29) is 0 Å². The molecule has 0 saturated carbocycles. The minimum atomic E-state index is -0.437. The Morgan fingerprint density at radius 2 is 2.23 bits per heavy atom. The number of rotatable bonds is 0. The number of esters is 1. The average Bonchev–Trinajstić information content (AvgIpc) is 2.09. The van der Waals surface area contributed by atoms with E-state index in [2.05, 4.69) is 15.9 Å². The lowest BCUT2D eigenvalue weighted by molar-refractivity contribution is 0.0479. The Hall–Kier alpha value is -0.900. The fraction of sp³-hybridized carbons (Fsp3) is 0.222. The van der Waals surface area contributed by atoms with Crippen molar-refractivity contribution in [1.29, 1.82) is 0 Å². The number of benzene rings is 1. The summed E-state index contributed by atoms with van der Waals surface area (Å²) >= 11 is 3.07. The average molecular weight is 245 g/mol. The smallest absolute Gasteiger partial charge is 0.338 e. The van der Waals surface area contributed by atoms with E-state index in [1.54, 1.807) is 6.07 Å². The van der Waals surface area contributed by atoms with E-state index in [1.807, 2.05) is 0 Å². The second-order valence-corrected chi connectivity index (χ2v) is 3.66. The highest BCUT2D eigenvalue weighted by atomic mass is 79.9. The molecule has 0 amide bonds. The molecule has 0 saturated heterocycles. The molecule has 0 spiro atoms. The van der Waals surface area contributed by atoms with Crippen LogP contribution >= 0.6 is 15.9 Å². The second kappa shape index (κ2) is 3.10. The van der Waals surface area contributed by atoms with Crippen LogP contribution in [-0.2, 0) is 11.2 Å². The maximum absolute atomic E-state index is 13.0. The van der Waals surface area contributed by atoms with E-state index < -0.39 is 11.8 Å². The Morgan fingerprint density at radius 1 is 1.46 bits per heavy atom. The van der Waals surface area contributed by atoms with E-state index in [0.717, 1.165) is 5.56 Å². The highest BCUT2D eigenvalue weighted by Crippen LogP contribution is 2.24. The van der Waals surface area contributed by atoms with Gasteiger partial charge in [-0.2, -0.15) is 0 Å². The van der Waals surface area contributed by atoms with Crippen LogP contribution in [0.15, 0.2) is 16.6 Å². The van der Waals surface area contributed by atoms with Crippen molar-refractivity contribution >= 4 is 21.9 Å². The molecule has 0 fully saturated rings. The van der Waals surface area contributed by atoms with Gasteiger partial charge in [0, 0.05) is 6.42 Å². The van der Waals surface area contributed by atoms with E-state index in [4.69, 9.17) is 4.74 Å². The number of hydrogen-bond donors (Lipinski definition) is 0. The Balaban J connectivity index is 2.58. The van der Waals surface area contributed by atoms with E-state index >= 15 is 0 Å². The standard InChI is InChI=1S/C9H6BrFO2/c10-7-3-5-1-2-13-9(12)6(5)4-8(7)11/h3-4H,1-2H2. The van der Waals surface area contributed by atoms with Crippen LogP contribution in [-0.4, -0.2) is 12.6 Å². The Labute approximate surface area is 82.8 Å². The maximum atomic E-state index is 13.0. The normalized spacial score (nSPS) is 15.1. The highest BCUT2D eigenvalue weighted by Gasteiger charge is 2.20. The molecule has 1 aliphatic heterocycles. The molecule has 4 heteroatoms. The molecule has 1 aliphatic rings. The Bertz CT molecular complexity index is 376. The minimum absolute atomic E-state index is 0.340. The number of hydrogen-bond acceptors (Lipinski definition) is 2. The van der Waals surface area contributed by atoms with Crippen LogP contribution < -0.4 is 0 Å². The quantitative estimate of drug-likeness (QED) is 0.655. The van der Waals surface area contributed by atoms with Gasteiger partial charge in [-0.25, -0.2) is 9.18 Å². The zero-order chi connectivity index (χ0) is 9.42. The summed E-state index contributed by atoms with van der Waals surface area (Å²) in [6.07, 6.45) is 0.653. The third-order valence-electron chi connectivity index (χ3n) is 1.97. The van der Waals surface area contributed by atoms with Crippen LogP contribution in [0.3, 0.4) is 0 Å². The molecule has 1 heterocycles. The molecule has 0 N–H and O–H groups in total. The van der Waals surface area contributed by atoms with Crippen LogP contribution in [0.5, 0.6) is 0 Å². The molecule has 0 bridgehead atoms. The molecule has 0 radical (unpaired) electrons. The van der Waals surface area contributed by atoms with Gasteiger partial charge in [-0.3, -0.25) is 0 Å². The molecule has 0 aliphatic carbocycles. The van der Waals surface area contributed by atoms with Crippen molar-refractivity contribution < 1.29 is 13.9 Å². The van der Waals surface area contributed by atoms with Crippen molar-refractivity contribution in [1.82, 2.24) is 0 Å². The SMILES string of the molecule is O=C1OCCc2cc(Br)c(F)cc21. The third-order valence-corrected chi connectivity index (χ3v) is 2.58. The number of carbonyl (C=O) groups is 1. The third kappa shape index (κ3) is 1.46. The molecule has 0 atom stereocenters. The number of halogens is 2. The van der Waals surface area contributed by atoms with Gasteiger partial charge in [0.05, 0.1) is 16.6 Å². The molecule has 0 aromatic heterocycles. The first-order valence-corrected chi connectivity index (χ1v) is 4.63. The lowest BCUT2D eigenvalue weighted by Crippen LogP contribution is -2.17.